The number of anilines is 2. The van der Waals surface area contributed by atoms with Gasteiger partial charge in [0.2, 0.25) is 0 Å². The van der Waals surface area contributed by atoms with Gasteiger partial charge in [-0.25, -0.2) is 0 Å². The van der Waals surface area contributed by atoms with E-state index in [1.54, 1.807) is 24.5 Å². The third-order valence-electron chi connectivity index (χ3n) is 6.04. The summed E-state index contributed by atoms with van der Waals surface area (Å²) < 4.78 is 5.80. The molecule has 1 aliphatic heterocycles. The van der Waals surface area contributed by atoms with Crippen molar-refractivity contribution in [3.63, 3.8) is 0 Å². The highest BCUT2D eigenvalue weighted by Crippen LogP contribution is 2.27. The maximum Gasteiger partial charge on any atom is 0.258 e. The lowest BCUT2D eigenvalue weighted by atomic mass is 10.1. The maximum absolute atomic E-state index is 13.5. The Balaban J connectivity index is 1.50. The van der Waals surface area contributed by atoms with Crippen LogP contribution in [0.3, 0.4) is 0 Å². The number of nitrogens with zero attached hydrogens (tertiary/aromatic N) is 2. The molecule has 1 aromatic heterocycles. The molecule has 2 heterocycles. The molecular formula is C28H34N4O2. The van der Waals surface area contributed by atoms with Crippen molar-refractivity contribution in [1.82, 2.24) is 10.3 Å². The molecule has 0 spiro atoms. The van der Waals surface area contributed by atoms with Crippen LogP contribution in [0.2, 0.25) is 0 Å². The van der Waals surface area contributed by atoms with Crippen LogP contribution < -0.4 is 20.3 Å². The second-order valence-corrected chi connectivity index (χ2v) is 8.57. The summed E-state index contributed by atoms with van der Waals surface area (Å²) in [5.74, 6) is 0.897. The van der Waals surface area contributed by atoms with E-state index in [0.29, 0.717) is 25.3 Å². The Morgan fingerprint density at radius 3 is 2.62 bits per heavy atom. The number of amides is 1. The standard InChI is InChI=1S/C28H34N4O2/c33-28(23-13-16-29-17-14-23)32-19-8-3-1-2-7-15-30-22-24-21-25(11-12-27(24)32)31-18-20-34-26-9-5-4-6-10-26/h4-6,9-14,16-17,21,30-31H,1-3,7-8,15,18-20,22H2. The summed E-state index contributed by atoms with van der Waals surface area (Å²) in [4.78, 5) is 19.5. The molecule has 178 valence electrons. The molecule has 6 heteroatoms. The average Bonchev–Trinajstić information content (AvgIpc) is 2.88. The fourth-order valence-electron chi connectivity index (χ4n) is 4.24. The summed E-state index contributed by atoms with van der Waals surface area (Å²) in [6, 6.07) is 19.7. The molecule has 0 bridgehead atoms. The van der Waals surface area contributed by atoms with Crippen molar-refractivity contribution in [2.75, 3.05) is 36.5 Å². The van der Waals surface area contributed by atoms with E-state index in [0.717, 1.165) is 48.6 Å². The summed E-state index contributed by atoms with van der Waals surface area (Å²) in [5, 5.41) is 7.04. The van der Waals surface area contributed by atoms with Crippen LogP contribution >= 0.6 is 0 Å². The number of benzene rings is 2. The number of ether oxygens (including phenoxy) is 1. The quantitative estimate of drug-likeness (QED) is 0.493. The number of carbonyl (C=O) groups excluding carboxylic acids is 1. The molecule has 6 nitrogen and oxygen atoms in total. The number of nitrogens with one attached hydrogen (secondary N) is 2. The zero-order valence-electron chi connectivity index (χ0n) is 19.7. The Labute approximate surface area is 202 Å². The van der Waals surface area contributed by atoms with Crippen LogP contribution in [0.4, 0.5) is 11.4 Å². The zero-order valence-corrected chi connectivity index (χ0v) is 19.7. The molecule has 3 aromatic rings. The highest BCUT2D eigenvalue weighted by molar-refractivity contribution is 6.06. The number of para-hydroxylation sites is 1. The van der Waals surface area contributed by atoms with Crippen LogP contribution in [-0.2, 0) is 6.54 Å². The van der Waals surface area contributed by atoms with Gasteiger partial charge in [-0.2, -0.15) is 0 Å². The van der Waals surface area contributed by atoms with Crippen molar-refractivity contribution in [1.29, 1.82) is 0 Å². The van der Waals surface area contributed by atoms with Crippen LogP contribution in [-0.4, -0.2) is 37.1 Å². The summed E-state index contributed by atoms with van der Waals surface area (Å²) in [7, 11) is 0. The molecule has 1 aliphatic rings. The van der Waals surface area contributed by atoms with Crippen LogP contribution in [0, 0.1) is 0 Å². The van der Waals surface area contributed by atoms with E-state index in [4.69, 9.17) is 4.74 Å². The van der Waals surface area contributed by atoms with Crippen LogP contribution in [0.15, 0.2) is 73.1 Å². The summed E-state index contributed by atoms with van der Waals surface area (Å²) >= 11 is 0. The Morgan fingerprint density at radius 2 is 1.76 bits per heavy atom. The molecule has 0 saturated carbocycles. The van der Waals surface area contributed by atoms with Crippen LogP contribution in [0.1, 0.15) is 48.0 Å². The first-order valence-corrected chi connectivity index (χ1v) is 12.3. The molecule has 4 rings (SSSR count). The molecule has 34 heavy (non-hydrogen) atoms. The van der Waals surface area contributed by atoms with E-state index in [1.807, 2.05) is 35.2 Å². The Hall–Kier alpha value is -3.38. The minimum Gasteiger partial charge on any atom is -0.492 e. The molecular weight excluding hydrogens is 424 g/mol. The number of rotatable bonds is 6. The average molecular weight is 459 g/mol. The van der Waals surface area contributed by atoms with Gasteiger partial charge < -0.3 is 20.3 Å². The molecule has 0 unspecified atom stereocenters. The maximum atomic E-state index is 13.5. The second kappa shape index (κ2) is 12.8. The number of hydrogen-bond donors (Lipinski definition) is 2. The lowest BCUT2D eigenvalue weighted by molar-refractivity contribution is 0.0986. The summed E-state index contributed by atoms with van der Waals surface area (Å²) in [6.07, 6.45) is 9.11. The SMILES string of the molecule is O=C(c1ccncc1)N1CCCCCCCNCc2cc(NCCOc3ccccc3)ccc21. The van der Waals surface area contributed by atoms with Gasteiger partial charge in [0, 0.05) is 49.0 Å². The number of pyridine rings is 1. The first kappa shape index (κ1) is 23.8. The molecule has 0 fully saturated rings. The van der Waals surface area contributed by atoms with Gasteiger partial charge in [-0.15, -0.1) is 0 Å². The molecule has 0 aliphatic carbocycles. The van der Waals surface area contributed by atoms with Gasteiger partial charge in [0.05, 0.1) is 0 Å². The Kier molecular flexibility index (Phi) is 8.91. The summed E-state index contributed by atoms with van der Waals surface area (Å²) in [5.41, 5.74) is 3.79. The zero-order chi connectivity index (χ0) is 23.4. The molecule has 0 saturated heterocycles. The first-order valence-electron chi connectivity index (χ1n) is 12.3. The van der Waals surface area contributed by atoms with Crippen molar-refractivity contribution in [2.45, 2.75) is 38.6 Å². The topological polar surface area (TPSA) is 66.5 Å². The molecule has 1 amide bonds. The van der Waals surface area contributed by atoms with Crippen LogP contribution in [0.25, 0.3) is 0 Å². The van der Waals surface area contributed by atoms with Gasteiger partial charge in [-0.05, 0) is 67.4 Å². The highest BCUT2D eigenvalue weighted by atomic mass is 16.5. The van der Waals surface area contributed by atoms with Crippen molar-refractivity contribution in [3.05, 3.63) is 84.2 Å². The van der Waals surface area contributed by atoms with Gasteiger partial charge in [-0.3, -0.25) is 9.78 Å². The third-order valence-corrected chi connectivity index (χ3v) is 6.04. The number of carbonyl (C=O) groups is 1. The number of aromatic nitrogens is 1. The smallest absolute Gasteiger partial charge is 0.258 e. The van der Waals surface area contributed by atoms with E-state index in [2.05, 4.69) is 33.8 Å². The van der Waals surface area contributed by atoms with Gasteiger partial charge in [0.15, 0.2) is 0 Å². The van der Waals surface area contributed by atoms with E-state index in [9.17, 15) is 4.79 Å². The fraction of sp³-hybridized carbons (Fsp3) is 0.357. The fourth-order valence-corrected chi connectivity index (χ4v) is 4.24. The second-order valence-electron chi connectivity index (χ2n) is 8.57. The monoisotopic (exact) mass is 458 g/mol. The van der Waals surface area contributed by atoms with E-state index in [-0.39, 0.29) is 5.91 Å². The van der Waals surface area contributed by atoms with Crippen LogP contribution in [0.5, 0.6) is 5.75 Å². The molecule has 0 radical (unpaired) electrons. The largest absolute Gasteiger partial charge is 0.492 e. The minimum atomic E-state index is 0.0256. The van der Waals surface area contributed by atoms with E-state index < -0.39 is 0 Å². The van der Waals surface area contributed by atoms with Gasteiger partial charge in [0.1, 0.15) is 12.4 Å². The molecule has 2 aromatic carbocycles. The third kappa shape index (κ3) is 6.81. The Bertz CT molecular complexity index is 1030. The van der Waals surface area contributed by atoms with E-state index in [1.165, 1.54) is 19.3 Å². The molecule has 0 atom stereocenters. The highest BCUT2D eigenvalue weighted by Gasteiger charge is 2.20. The predicted octanol–water partition coefficient (Wildman–Crippen LogP) is 5.27. The van der Waals surface area contributed by atoms with Crippen molar-refractivity contribution in [3.8, 4) is 5.75 Å². The lowest BCUT2D eigenvalue weighted by Gasteiger charge is -2.27. The van der Waals surface area contributed by atoms with Crippen molar-refractivity contribution in [2.24, 2.45) is 0 Å². The van der Waals surface area contributed by atoms with Gasteiger partial charge >= 0.3 is 0 Å². The number of fused-ring (bicyclic) bond motifs is 1. The van der Waals surface area contributed by atoms with Crippen molar-refractivity contribution < 1.29 is 9.53 Å². The summed E-state index contributed by atoms with van der Waals surface area (Å²) in [6.45, 7) is 3.70. The van der Waals surface area contributed by atoms with E-state index >= 15 is 0 Å². The minimum absolute atomic E-state index is 0.0256. The first-order chi connectivity index (χ1) is 16.8. The lowest BCUT2D eigenvalue weighted by Crippen LogP contribution is -2.33. The van der Waals surface area contributed by atoms with Gasteiger partial charge in [0.25, 0.3) is 5.91 Å². The Morgan fingerprint density at radius 1 is 0.971 bits per heavy atom. The normalized spacial score (nSPS) is 14.9. The van der Waals surface area contributed by atoms with Gasteiger partial charge in [-0.1, -0.05) is 37.5 Å². The number of hydrogen-bond acceptors (Lipinski definition) is 5. The predicted molar refractivity (Wildman–Crippen MR) is 138 cm³/mol. The molecule has 2 N–H and O–H groups in total. The van der Waals surface area contributed by atoms with Crippen molar-refractivity contribution >= 4 is 17.3 Å².